The summed E-state index contributed by atoms with van der Waals surface area (Å²) in [5, 5.41) is 6.14. The Bertz CT molecular complexity index is 901. The lowest BCUT2D eigenvalue weighted by molar-refractivity contribution is -0.124. The molecule has 0 aliphatic carbocycles. The molecule has 0 spiro atoms. The zero-order chi connectivity index (χ0) is 23.0. The van der Waals surface area contributed by atoms with Crippen LogP contribution in [0.4, 0.5) is 0 Å². The van der Waals surface area contributed by atoms with E-state index in [0.717, 1.165) is 5.56 Å². The van der Waals surface area contributed by atoms with Crippen LogP contribution < -0.4 is 20.1 Å². The molecule has 0 saturated carbocycles. The normalized spacial score (nSPS) is 12.7. The van der Waals surface area contributed by atoms with E-state index in [1.165, 1.54) is 0 Å². The molecule has 2 aromatic rings. The first-order valence-corrected chi connectivity index (χ1v) is 10.9. The third-order valence-corrected chi connectivity index (χ3v) is 5.11. The SMILES string of the molecule is CCOc1ccc(C(C)NC(=O)C(NC(=O)c2ccccc2Cl)C(C)C)cc1OCC. The summed E-state index contributed by atoms with van der Waals surface area (Å²) in [7, 11) is 0. The molecule has 0 bridgehead atoms. The van der Waals surface area contributed by atoms with E-state index in [0.29, 0.717) is 35.3 Å². The highest BCUT2D eigenvalue weighted by Crippen LogP contribution is 2.30. The van der Waals surface area contributed by atoms with Gasteiger partial charge in [0.25, 0.3) is 5.91 Å². The molecule has 7 heteroatoms. The van der Waals surface area contributed by atoms with Crippen LogP contribution in [0.25, 0.3) is 0 Å². The molecule has 0 saturated heterocycles. The molecule has 2 N–H and O–H groups in total. The van der Waals surface area contributed by atoms with Crippen molar-refractivity contribution in [2.75, 3.05) is 13.2 Å². The molecule has 0 fully saturated rings. The Morgan fingerprint density at radius 2 is 1.58 bits per heavy atom. The minimum atomic E-state index is -0.708. The lowest BCUT2D eigenvalue weighted by Crippen LogP contribution is -2.50. The van der Waals surface area contributed by atoms with Crippen molar-refractivity contribution >= 4 is 23.4 Å². The summed E-state index contributed by atoms with van der Waals surface area (Å²) in [6.45, 7) is 10.5. The predicted octanol–water partition coefficient (Wildman–Crippen LogP) is 4.77. The lowest BCUT2D eigenvalue weighted by atomic mass is 10.0. The number of ether oxygens (including phenoxy) is 2. The minimum absolute atomic E-state index is 0.113. The van der Waals surface area contributed by atoms with Gasteiger partial charge in [0.15, 0.2) is 11.5 Å². The van der Waals surface area contributed by atoms with Gasteiger partial charge in [-0.3, -0.25) is 9.59 Å². The number of rotatable bonds is 10. The summed E-state index contributed by atoms with van der Waals surface area (Å²) < 4.78 is 11.3. The first-order chi connectivity index (χ1) is 14.8. The summed E-state index contributed by atoms with van der Waals surface area (Å²) in [6.07, 6.45) is 0. The molecular formula is C24H31ClN2O4. The summed E-state index contributed by atoms with van der Waals surface area (Å²) in [4.78, 5) is 25.6. The average Bonchev–Trinajstić information content (AvgIpc) is 2.73. The van der Waals surface area contributed by atoms with Crippen molar-refractivity contribution in [2.24, 2.45) is 5.92 Å². The second-order valence-electron chi connectivity index (χ2n) is 7.48. The summed E-state index contributed by atoms with van der Waals surface area (Å²) in [6, 6.07) is 11.4. The van der Waals surface area contributed by atoms with E-state index in [4.69, 9.17) is 21.1 Å². The summed E-state index contributed by atoms with van der Waals surface area (Å²) in [5.74, 6) is 0.536. The van der Waals surface area contributed by atoms with Crippen LogP contribution in [0, 0.1) is 5.92 Å². The van der Waals surface area contributed by atoms with E-state index >= 15 is 0 Å². The van der Waals surface area contributed by atoms with Crippen molar-refractivity contribution < 1.29 is 19.1 Å². The largest absolute Gasteiger partial charge is 0.490 e. The number of hydrogen-bond donors (Lipinski definition) is 2. The molecule has 2 aromatic carbocycles. The third-order valence-electron chi connectivity index (χ3n) is 4.78. The number of carbonyl (C=O) groups is 2. The molecule has 2 unspecified atom stereocenters. The fourth-order valence-electron chi connectivity index (χ4n) is 3.12. The van der Waals surface area contributed by atoms with Gasteiger partial charge in [-0.2, -0.15) is 0 Å². The third kappa shape index (κ3) is 6.62. The molecule has 0 aliphatic rings. The van der Waals surface area contributed by atoms with Crippen LogP contribution in [-0.4, -0.2) is 31.1 Å². The van der Waals surface area contributed by atoms with Gasteiger partial charge in [0.1, 0.15) is 6.04 Å². The Balaban J connectivity index is 2.14. The van der Waals surface area contributed by atoms with Gasteiger partial charge in [0, 0.05) is 0 Å². The van der Waals surface area contributed by atoms with Gasteiger partial charge in [-0.1, -0.05) is 43.6 Å². The van der Waals surface area contributed by atoms with Gasteiger partial charge in [-0.15, -0.1) is 0 Å². The first-order valence-electron chi connectivity index (χ1n) is 10.5. The van der Waals surface area contributed by atoms with E-state index in [1.807, 2.05) is 52.8 Å². The van der Waals surface area contributed by atoms with E-state index in [9.17, 15) is 9.59 Å². The van der Waals surface area contributed by atoms with Crippen LogP contribution in [0.3, 0.4) is 0 Å². The van der Waals surface area contributed by atoms with Crippen molar-refractivity contribution in [1.29, 1.82) is 0 Å². The molecule has 0 aliphatic heterocycles. The molecule has 2 atom stereocenters. The van der Waals surface area contributed by atoms with Crippen LogP contribution in [-0.2, 0) is 4.79 Å². The van der Waals surface area contributed by atoms with Crippen LogP contribution in [0.2, 0.25) is 5.02 Å². The van der Waals surface area contributed by atoms with E-state index in [1.54, 1.807) is 24.3 Å². The second-order valence-corrected chi connectivity index (χ2v) is 7.88. The maximum Gasteiger partial charge on any atom is 0.253 e. The van der Waals surface area contributed by atoms with Gasteiger partial charge >= 0.3 is 0 Å². The maximum absolute atomic E-state index is 13.0. The van der Waals surface area contributed by atoms with Crippen LogP contribution in [0.15, 0.2) is 42.5 Å². The van der Waals surface area contributed by atoms with Gasteiger partial charge in [0.2, 0.25) is 5.91 Å². The van der Waals surface area contributed by atoms with Crippen molar-refractivity contribution in [3.8, 4) is 11.5 Å². The zero-order valence-corrected chi connectivity index (χ0v) is 19.5. The van der Waals surface area contributed by atoms with Gasteiger partial charge in [-0.25, -0.2) is 0 Å². The standard InChI is InChI=1S/C24H31ClN2O4/c1-6-30-20-13-12-17(14-21(20)31-7-2)16(5)26-24(29)22(15(3)4)27-23(28)18-10-8-9-11-19(18)25/h8-16,22H,6-7H2,1-5H3,(H,26,29)(H,27,28). The minimum Gasteiger partial charge on any atom is -0.490 e. The quantitative estimate of drug-likeness (QED) is 0.551. The number of nitrogens with one attached hydrogen (secondary N) is 2. The molecule has 2 rings (SSSR count). The maximum atomic E-state index is 13.0. The molecule has 0 aromatic heterocycles. The zero-order valence-electron chi connectivity index (χ0n) is 18.7. The molecule has 2 amide bonds. The topological polar surface area (TPSA) is 76.7 Å². The number of carbonyl (C=O) groups excluding carboxylic acids is 2. The number of hydrogen-bond acceptors (Lipinski definition) is 4. The Hall–Kier alpha value is -2.73. The summed E-state index contributed by atoms with van der Waals surface area (Å²) in [5.41, 5.74) is 1.21. The molecule has 31 heavy (non-hydrogen) atoms. The monoisotopic (exact) mass is 446 g/mol. The van der Waals surface area contributed by atoms with Crippen molar-refractivity contribution in [2.45, 2.75) is 46.7 Å². The fourth-order valence-corrected chi connectivity index (χ4v) is 3.34. The smallest absolute Gasteiger partial charge is 0.253 e. The van der Waals surface area contributed by atoms with Crippen molar-refractivity contribution in [1.82, 2.24) is 10.6 Å². The Morgan fingerprint density at radius 1 is 0.935 bits per heavy atom. The highest BCUT2D eigenvalue weighted by atomic mass is 35.5. The first kappa shape index (κ1) is 24.5. The van der Waals surface area contributed by atoms with Gasteiger partial charge < -0.3 is 20.1 Å². The van der Waals surface area contributed by atoms with Gasteiger partial charge in [-0.05, 0) is 56.5 Å². The number of benzene rings is 2. The molecule has 6 nitrogen and oxygen atoms in total. The summed E-state index contributed by atoms with van der Waals surface area (Å²) >= 11 is 6.12. The number of amides is 2. The molecule has 0 radical (unpaired) electrons. The molecular weight excluding hydrogens is 416 g/mol. The Kier molecular flexibility index (Phi) is 9.19. The van der Waals surface area contributed by atoms with Gasteiger partial charge in [0.05, 0.1) is 29.8 Å². The van der Waals surface area contributed by atoms with Crippen molar-refractivity contribution in [3.05, 3.63) is 58.6 Å². The highest BCUT2D eigenvalue weighted by Gasteiger charge is 2.27. The Labute approximate surface area is 189 Å². The predicted molar refractivity (Wildman–Crippen MR) is 123 cm³/mol. The van der Waals surface area contributed by atoms with E-state index < -0.39 is 6.04 Å². The van der Waals surface area contributed by atoms with Crippen LogP contribution >= 0.6 is 11.6 Å². The van der Waals surface area contributed by atoms with Crippen molar-refractivity contribution in [3.63, 3.8) is 0 Å². The number of halogens is 1. The lowest BCUT2D eigenvalue weighted by Gasteiger charge is -2.25. The highest BCUT2D eigenvalue weighted by molar-refractivity contribution is 6.33. The Morgan fingerprint density at radius 3 is 2.19 bits per heavy atom. The van der Waals surface area contributed by atoms with Crippen LogP contribution in [0.1, 0.15) is 56.6 Å². The molecule has 168 valence electrons. The van der Waals surface area contributed by atoms with E-state index in [-0.39, 0.29) is 23.8 Å². The van der Waals surface area contributed by atoms with E-state index in [2.05, 4.69) is 10.6 Å². The van der Waals surface area contributed by atoms with Crippen LogP contribution in [0.5, 0.6) is 11.5 Å². The second kappa shape index (κ2) is 11.6. The molecule has 0 heterocycles. The average molecular weight is 447 g/mol. The fraction of sp³-hybridized carbons (Fsp3) is 0.417.